The summed E-state index contributed by atoms with van der Waals surface area (Å²) in [5, 5.41) is 11.0. The van der Waals surface area contributed by atoms with E-state index in [9.17, 15) is 10.1 Å². The number of halogens is 2. The molecule has 94 valence electrons. The van der Waals surface area contributed by atoms with Crippen LogP contribution in [0.15, 0.2) is 18.2 Å². The largest absolute Gasteiger partial charge is 0.270 e. The molecule has 0 heterocycles. The zero-order valence-corrected chi connectivity index (χ0v) is 12.0. The van der Waals surface area contributed by atoms with Crippen LogP contribution in [0.5, 0.6) is 0 Å². The van der Waals surface area contributed by atoms with Crippen LogP contribution in [0.1, 0.15) is 31.7 Å². The highest BCUT2D eigenvalue weighted by Gasteiger charge is 2.10. The first-order valence-corrected chi connectivity index (χ1v) is 6.90. The number of nitro benzene ring substituents is 1. The summed E-state index contributed by atoms with van der Waals surface area (Å²) in [5.74, 6) is 0. The van der Waals surface area contributed by atoms with Crippen molar-refractivity contribution < 1.29 is 4.92 Å². The van der Waals surface area contributed by atoms with Crippen LogP contribution in [0.25, 0.3) is 0 Å². The minimum atomic E-state index is -0.431. The highest BCUT2D eigenvalue weighted by atomic mass is 79.9. The molecule has 0 spiro atoms. The third-order valence-corrected chi connectivity index (χ3v) is 3.84. The van der Waals surface area contributed by atoms with E-state index in [1.165, 1.54) is 12.1 Å². The number of hydrogen-bond acceptors (Lipinski definition) is 2. The molecule has 0 fully saturated rings. The molecule has 0 aliphatic rings. The molecule has 0 N–H and O–H groups in total. The van der Waals surface area contributed by atoms with E-state index in [0.717, 1.165) is 31.2 Å². The Kier molecular flexibility index (Phi) is 5.92. The van der Waals surface area contributed by atoms with Crippen molar-refractivity contribution in [2.45, 2.75) is 37.4 Å². The van der Waals surface area contributed by atoms with E-state index in [0.29, 0.717) is 9.85 Å². The normalized spacial score (nSPS) is 12.4. The van der Waals surface area contributed by atoms with E-state index in [2.05, 4.69) is 22.9 Å². The summed E-state index contributed by atoms with van der Waals surface area (Å²) in [6, 6.07) is 4.66. The molecule has 0 aromatic heterocycles. The van der Waals surface area contributed by atoms with Crippen LogP contribution in [0.3, 0.4) is 0 Å². The third kappa shape index (κ3) is 4.64. The lowest BCUT2D eigenvalue weighted by molar-refractivity contribution is -0.384. The van der Waals surface area contributed by atoms with Crippen LogP contribution >= 0.6 is 27.5 Å². The molecular weight excluding hydrogens is 305 g/mol. The predicted molar refractivity (Wildman–Crippen MR) is 74.1 cm³/mol. The number of aryl methyl sites for hydroxylation is 1. The van der Waals surface area contributed by atoms with Crippen LogP contribution in [0, 0.1) is 10.1 Å². The van der Waals surface area contributed by atoms with Gasteiger partial charge in [0.1, 0.15) is 0 Å². The van der Waals surface area contributed by atoms with E-state index in [-0.39, 0.29) is 5.69 Å². The summed E-state index contributed by atoms with van der Waals surface area (Å²) in [6.45, 7) is 2.15. The number of benzene rings is 1. The van der Waals surface area contributed by atoms with Crippen molar-refractivity contribution in [3.8, 4) is 0 Å². The Bertz CT molecular complexity index is 398. The maximum Gasteiger partial charge on any atom is 0.270 e. The fourth-order valence-corrected chi connectivity index (χ4v) is 2.58. The van der Waals surface area contributed by atoms with E-state index >= 15 is 0 Å². The number of hydrogen-bond donors (Lipinski definition) is 0. The van der Waals surface area contributed by atoms with Crippen molar-refractivity contribution in [3.63, 3.8) is 0 Å². The van der Waals surface area contributed by atoms with Crippen LogP contribution in [0.4, 0.5) is 5.69 Å². The van der Waals surface area contributed by atoms with E-state index in [1.807, 2.05) is 0 Å². The zero-order valence-electron chi connectivity index (χ0n) is 9.66. The van der Waals surface area contributed by atoms with Gasteiger partial charge in [-0.15, -0.1) is 0 Å². The first-order valence-electron chi connectivity index (χ1n) is 5.61. The third-order valence-electron chi connectivity index (χ3n) is 2.58. The van der Waals surface area contributed by atoms with Crippen molar-refractivity contribution in [2.75, 3.05) is 0 Å². The maximum atomic E-state index is 10.6. The Hall–Kier alpha value is -0.610. The van der Waals surface area contributed by atoms with Crippen LogP contribution < -0.4 is 0 Å². The van der Waals surface area contributed by atoms with Gasteiger partial charge in [-0.25, -0.2) is 0 Å². The number of nitrogens with zero attached hydrogens (tertiary/aromatic N) is 1. The Balaban J connectivity index is 2.63. The van der Waals surface area contributed by atoms with Crippen LogP contribution in [0.2, 0.25) is 5.02 Å². The van der Waals surface area contributed by atoms with E-state index < -0.39 is 4.92 Å². The maximum absolute atomic E-state index is 10.6. The van der Waals surface area contributed by atoms with Crippen LogP contribution in [-0.2, 0) is 6.42 Å². The highest BCUT2D eigenvalue weighted by molar-refractivity contribution is 9.09. The Morgan fingerprint density at radius 3 is 2.71 bits per heavy atom. The average Bonchev–Trinajstić information content (AvgIpc) is 2.27. The molecule has 1 rings (SSSR count). The molecular formula is C12H15BrClNO2. The van der Waals surface area contributed by atoms with Crippen molar-refractivity contribution in [2.24, 2.45) is 0 Å². The molecule has 1 aromatic carbocycles. The monoisotopic (exact) mass is 319 g/mol. The molecule has 3 nitrogen and oxygen atoms in total. The molecule has 0 saturated carbocycles. The Morgan fingerprint density at radius 2 is 2.18 bits per heavy atom. The van der Waals surface area contributed by atoms with Gasteiger partial charge in [0.15, 0.2) is 0 Å². The quantitative estimate of drug-likeness (QED) is 0.431. The standard InChI is InChI=1S/C12H15BrClNO2/c1-2-3-10(13)6-4-9-5-7-11(15(16)17)8-12(9)14/h5,7-8,10H,2-4,6H2,1H3. The second-order valence-electron chi connectivity index (χ2n) is 3.96. The first kappa shape index (κ1) is 14.5. The molecule has 0 aliphatic carbocycles. The molecule has 0 radical (unpaired) electrons. The zero-order chi connectivity index (χ0) is 12.8. The molecule has 5 heteroatoms. The average molecular weight is 321 g/mol. The topological polar surface area (TPSA) is 43.1 Å². The second kappa shape index (κ2) is 6.97. The first-order chi connectivity index (χ1) is 8.04. The summed E-state index contributed by atoms with van der Waals surface area (Å²) >= 11 is 9.62. The lowest BCUT2D eigenvalue weighted by Crippen LogP contribution is -2.00. The van der Waals surface area contributed by atoms with E-state index in [4.69, 9.17) is 11.6 Å². The van der Waals surface area contributed by atoms with Gasteiger partial charge in [-0.3, -0.25) is 10.1 Å². The smallest absolute Gasteiger partial charge is 0.258 e. The lowest BCUT2D eigenvalue weighted by atomic mass is 10.1. The van der Waals surface area contributed by atoms with Crippen molar-refractivity contribution in [1.82, 2.24) is 0 Å². The van der Waals surface area contributed by atoms with Gasteiger partial charge in [0.05, 0.1) is 9.95 Å². The summed E-state index contributed by atoms with van der Waals surface area (Å²) in [4.78, 5) is 10.6. The Labute approximate surface area is 114 Å². The highest BCUT2D eigenvalue weighted by Crippen LogP contribution is 2.25. The number of nitro groups is 1. The van der Waals surface area contributed by atoms with Gasteiger partial charge in [-0.1, -0.05) is 46.9 Å². The predicted octanol–water partition coefficient (Wildman–Crippen LogP) is 4.74. The molecule has 0 bridgehead atoms. The van der Waals surface area contributed by atoms with Crippen LogP contribution in [-0.4, -0.2) is 9.75 Å². The van der Waals surface area contributed by atoms with Gasteiger partial charge in [-0.05, 0) is 24.8 Å². The molecule has 0 amide bonds. The minimum Gasteiger partial charge on any atom is -0.258 e. The second-order valence-corrected chi connectivity index (χ2v) is 5.66. The van der Waals surface area contributed by atoms with Gasteiger partial charge in [0, 0.05) is 17.0 Å². The Morgan fingerprint density at radius 1 is 1.47 bits per heavy atom. The fourth-order valence-electron chi connectivity index (χ4n) is 1.62. The molecule has 0 saturated heterocycles. The minimum absolute atomic E-state index is 0.0442. The summed E-state index contributed by atoms with van der Waals surface area (Å²) in [6.07, 6.45) is 4.10. The molecule has 17 heavy (non-hydrogen) atoms. The number of non-ortho nitro benzene ring substituents is 1. The van der Waals surface area contributed by atoms with Gasteiger partial charge in [0.2, 0.25) is 0 Å². The van der Waals surface area contributed by atoms with E-state index in [1.54, 1.807) is 6.07 Å². The van der Waals surface area contributed by atoms with Crippen molar-refractivity contribution >= 4 is 33.2 Å². The van der Waals surface area contributed by atoms with Crippen molar-refractivity contribution in [3.05, 3.63) is 38.9 Å². The fraction of sp³-hybridized carbons (Fsp3) is 0.500. The van der Waals surface area contributed by atoms with Gasteiger partial charge < -0.3 is 0 Å². The molecule has 1 aromatic rings. The van der Waals surface area contributed by atoms with Gasteiger partial charge >= 0.3 is 0 Å². The molecule has 1 atom stereocenters. The number of alkyl halides is 1. The molecule has 0 aliphatic heterocycles. The SMILES string of the molecule is CCCC(Br)CCc1ccc([N+](=O)[O-])cc1Cl. The van der Waals surface area contributed by atoms with Crippen molar-refractivity contribution in [1.29, 1.82) is 0 Å². The molecule has 1 unspecified atom stereocenters. The van der Waals surface area contributed by atoms with Gasteiger partial charge in [0.25, 0.3) is 5.69 Å². The lowest BCUT2D eigenvalue weighted by Gasteiger charge is -2.09. The van der Waals surface area contributed by atoms with Gasteiger partial charge in [-0.2, -0.15) is 0 Å². The number of rotatable bonds is 6. The summed E-state index contributed by atoms with van der Waals surface area (Å²) < 4.78 is 0. The summed E-state index contributed by atoms with van der Waals surface area (Å²) in [7, 11) is 0. The summed E-state index contributed by atoms with van der Waals surface area (Å²) in [5.41, 5.74) is 1.01.